The molecule has 0 saturated carbocycles. The molecule has 0 rings (SSSR count). The van der Waals surface area contributed by atoms with Gasteiger partial charge in [0, 0.05) is 12.8 Å². The van der Waals surface area contributed by atoms with Gasteiger partial charge in [0.25, 0.3) is 0 Å². The zero-order valence-corrected chi connectivity index (χ0v) is 41.8. The standard InChI is InChI=1S/C58H98O6/c1-4-7-10-13-16-19-21-23-25-27-29-31-32-34-36-39-42-45-48-51-57(60)63-54-55(53-62-56(59)50-47-44-41-38-18-15-12-9-6-3)64-58(61)52-49-46-43-40-37-35-33-30-28-26-24-22-20-17-14-11-8-5-2/h9,12,17-18,20,22,24,26,28,30,33,38,44,47,55H,4-8,10-11,13-16,19,21,23,25,27,29,31-32,34-37,39-43,45-46,48-54H2,1-3H3/b12-9-,20-17-,24-22-,28-26-,33-30-,38-18-,47-44-. The molecule has 0 aliphatic carbocycles. The molecule has 0 heterocycles. The van der Waals surface area contributed by atoms with Crippen LogP contribution in [0.25, 0.3) is 0 Å². The second kappa shape index (κ2) is 52.2. The third-order valence-corrected chi connectivity index (χ3v) is 11.3. The summed E-state index contributed by atoms with van der Waals surface area (Å²) in [4.78, 5) is 37.9. The zero-order chi connectivity index (χ0) is 46.5. The quantitative estimate of drug-likeness (QED) is 0.0199. The largest absolute Gasteiger partial charge is 0.462 e. The van der Waals surface area contributed by atoms with Crippen LogP contribution in [0.15, 0.2) is 85.1 Å². The summed E-state index contributed by atoms with van der Waals surface area (Å²) in [6.07, 6.45) is 67.5. The van der Waals surface area contributed by atoms with Crippen molar-refractivity contribution < 1.29 is 28.6 Å². The Balaban J connectivity index is 4.38. The Kier molecular flexibility index (Phi) is 49.4. The molecular weight excluding hydrogens is 793 g/mol. The molecule has 0 saturated heterocycles. The van der Waals surface area contributed by atoms with Crippen molar-refractivity contribution in [1.29, 1.82) is 0 Å². The van der Waals surface area contributed by atoms with Gasteiger partial charge in [0.15, 0.2) is 6.10 Å². The maximum absolute atomic E-state index is 12.8. The molecule has 0 amide bonds. The Labute approximate surface area is 395 Å². The van der Waals surface area contributed by atoms with Crippen LogP contribution in [0.2, 0.25) is 0 Å². The van der Waals surface area contributed by atoms with Gasteiger partial charge >= 0.3 is 17.9 Å². The minimum Gasteiger partial charge on any atom is -0.462 e. The molecule has 1 unspecified atom stereocenters. The Hall–Kier alpha value is -3.41. The van der Waals surface area contributed by atoms with E-state index in [-0.39, 0.29) is 38.0 Å². The number of unbranched alkanes of at least 4 members (excludes halogenated alkanes) is 26. The topological polar surface area (TPSA) is 78.9 Å². The van der Waals surface area contributed by atoms with Crippen LogP contribution in [0.4, 0.5) is 0 Å². The average Bonchev–Trinajstić information content (AvgIpc) is 3.29. The number of allylic oxidation sites excluding steroid dienone is 13. The van der Waals surface area contributed by atoms with E-state index in [0.29, 0.717) is 6.42 Å². The summed E-state index contributed by atoms with van der Waals surface area (Å²) in [5, 5.41) is 0. The van der Waals surface area contributed by atoms with E-state index >= 15 is 0 Å². The molecule has 0 bridgehead atoms. The minimum atomic E-state index is -0.822. The number of ether oxygens (including phenoxy) is 3. The molecule has 0 aromatic carbocycles. The molecule has 6 heteroatoms. The van der Waals surface area contributed by atoms with Gasteiger partial charge in [0.05, 0.1) is 6.42 Å². The fraction of sp³-hybridized carbons (Fsp3) is 0.707. The van der Waals surface area contributed by atoms with Crippen molar-refractivity contribution in [1.82, 2.24) is 0 Å². The molecule has 1 atom stereocenters. The van der Waals surface area contributed by atoms with Crippen molar-refractivity contribution in [3.63, 3.8) is 0 Å². The van der Waals surface area contributed by atoms with Gasteiger partial charge in [-0.15, -0.1) is 0 Å². The fourth-order valence-electron chi connectivity index (χ4n) is 7.28. The Morgan fingerprint density at radius 1 is 0.359 bits per heavy atom. The Morgan fingerprint density at radius 3 is 1.20 bits per heavy atom. The first-order valence-electron chi connectivity index (χ1n) is 26.6. The third kappa shape index (κ3) is 49.6. The number of hydrogen-bond acceptors (Lipinski definition) is 6. The van der Waals surface area contributed by atoms with Gasteiger partial charge in [0.1, 0.15) is 13.2 Å². The van der Waals surface area contributed by atoms with Crippen molar-refractivity contribution in [3.8, 4) is 0 Å². The number of carbonyl (C=O) groups is 3. The van der Waals surface area contributed by atoms with E-state index in [1.54, 1.807) is 6.08 Å². The molecule has 0 aliphatic heterocycles. The first-order chi connectivity index (χ1) is 31.5. The lowest BCUT2D eigenvalue weighted by atomic mass is 10.0. The number of carbonyl (C=O) groups excluding carboxylic acids is 3. The lowest BCUT2D eigenvalue weighted by Gasteiger charge is -2.18. The summed E-state index contributed by atoms with van der Waals surface area (Å²) in [7, 11) is 0. The van der Waals surface area contributed by atoms with E-state index in [0.717, 1.165) is 83.5 Å². The molecule has 0 radical (unpaired) electrons. The van der Waals surface area contributed by atoms with Gasteiger partial charge in [0.2, 0.25) is 0 Å². The highest BCUT2D eigenvalue weighted by Crippen LogP contribution is 2.16. The summed E-state index contributed by atoms with van der Waals surface area (Å²) in [6, 6.07) is 0. The predicted molar refractivity (Wildman–Crippen MR) is 274 cm³/mol. The Morgan fingerprint density at radius 2 is 0.719 bits per heavy atom. The molecule has 0 aromatic rings. The van der Waals surface area contributed by atoms with E-state index in [9.17, 15) is 14.4 Å². The summed E-state index contributed by atoms with van der Waals surface area (Å²) in [5.41, 5.74) is 0. The minimum absolute atomic E-state index is 0.112. The third-order valence-electron chi connectivity index (χ3n) is 11.3. The van der Waals surface area contributed by atoms with Crippen molar-refractivity contribution in [3.05, 3.63) is 85.1 Å². The highest BCUT2D eigenvalue weighted by atomic mass is 16.6. The average molecular weight is 891 g/mol. The zero-order valence-electron chi connectivity index (χ0n) is 41.8. The van der Waals surface area contributed by atoms with Crippen LogP contribution >= 0.6 is 0 Å². The van der Waals surface area contributed by atoms with Crippen LogP contribution in [-0.4, -0.2) is 37.2 Å². The molecule has 6 nitrogen and oxygen atoms in total. The van der Waals surface area contributed by atoms with E-state index in [4.69, 9.17) is 14.2 Å². The second-order valence-corrected chi connectivity index (χ2v) is 17.5. The molecule has 0 fully saturated rings. The summed E-state index contributed by atoms with van der Waals surface area (Å²) < 4.78 is 16.7. The summed E-state index contributed by atoms with van der Waals surface area (Å²) in [5.74, 6) is -1.06. The highest BCUT2D eigenvalue weighted by Gasteiger charge is 2.19. The van der Waals surface area contributed by atoms with Crippen molar-refractivity contribution in [2.75, 3.05) is 13.2 Å². The van der Waals surface area contributed by atoms with Gasteiger partial charge < -0.3 is 14.2 Å². The molecule has 366 valence electrons. The van der Waals surface area contributed by atoms with Crippen LogP contribution in [0.3, 0.4) is 0 Å². The van der Waals surface area contributed by atoms with Crippen LogP contribution in [0.5, 0.6) is 0 Å². The van der Waals surface area contributed by atoms with Gasteiger partial charge in [-0.3, -0.25) is 14.4 Å². The Bertz CT molecular complexity index is 1250. The molecule has 64 heavy (non-hydrogen) atoms. The van der Waals surface area contributed by atoms with Crippen molar-refractivity contribution in [2.45, 2.75) is 252 Å². The van der Waals surface area contributed by atoms with E-state index < -0.39 is 12.1 Å². The molecule has 0 aromatic heterocycles. The van der Waals surface area contributed by atoms with Crippen molar-refractivity contribution >= 4 is 17.9 Å². The van der Waals surface area contributed by atoms with Gasteiger partial charge in [-0.1, -0.05) is 254 Å². The highest BCUT2D eigenvalue weighted by molar-refractivity contribution is 5.72. The van der Waals surface area contributed by atoms with Crippen LogP contribution in [-0.2, 0) is 28.6 Å². The predicted octanol–water partition coefficient (Wildman–Crippen LogP) is 17.6. The van der Waals surface area contributed by atoms with Crippen LogP contribution < -0.4 is 0 Å². The maximum atomic E-state index is 12.8. The molecular formula is C58H98O6. The van der Waals surface area contributed by atoms with E-state index in [1.165, 1.54) is 122 Å². The lowest BCUT2D eigenvalue weighted by molar-refractivity contribution is -0.166. The molecule has 0 spiro atoms. The SMILES string of the molecule is CC/C=C\C/C=C\C/C=C\CC(=O)OCC(COC(=O)CCCCCCCCCCCCCCCCCCCCC)OC(=O)CCCCCCC\C=C/C=C\C=C/C=C\CCCCC. The van der Waals surface area contributed by atoms with Crippen LogP contribution in [0.1, 0.15) is 245 Å². The molecule has 0 aliphatic rings. The van der Waals surface area contributed by atoms with Crippen molar-refractivity contribution in [2.24, 2.45) is 0 Å². The first-order valence-corrected chi connectivity index (χ1v) is 26.6. The molecule has 0 N–H and O–H groups in total. The fourth-order valence-corrected chi connectivity index (χ4v) is 7.28. The summed E-state index contributed by atoms with van der Waals surface area (Å²) >= 11 is 0. The lowest BCUT2D eigenvalue weighted by Crippen LogP contribution is -2.30. The monoisotopic (exact) mass is 891 g/mol. The number of rotatable bonds is 47. The second-order valence-electron chi connectivity index (χ2n) is 17.5. The first kappa shape index (κ1) is 60.6. The van der Waals surface area contributed by atoms with Gasteiger partial charge in [-0.2, -0.15) is 0 Å². The smallest absolute Gasteiger partial charge is 0.309 e. The summed E-state index contributed by atoms with van der Waals surface area (Å²) in [6.45, 7) is 6.38. The maximum Gasteiger partial charge on any atom is 0.309 e. The van der Waals surface area contributed by atoms with E-state index in [2.05, 4.69) is 93.7 Å². The number of esters is 3. The number of hydrogen-bond donors (Lipinski definition) is 0. The van der Waals surface area contributed by atoms with Crippen LogP contribution in [0, 0.1) is 0 Å². The van der Waals surface area contributed by atoms with Gasteiger partial charge in [-0.05, 0) is 57.8 Å². The van der Waals surface area contributed by atoms with Gasteiger partial charge in [-0.25, -0.2) is 0 Å². The van der Waals surface area contributed by atoms with E-state index in [1.807, 2.05) is 6.08 Å². The normalized spacial score (nSPS) is 12.7.